The summed E-state index contributed by atoms with van der Waals surface area (Å²) in [5.41, 5.74) is 0.962. The van der Waals surface area contributed by atoms with Crippen LogP contribution in [0.25, 0.3) is 0 Å². The Morgan fingerprint density at radius 3 is 2.72 bits per heavy atom. The minimum Gasteiger partial charge on any atom is -0.450 e. The highest BCUT2D eigenvalue weighted by Gasteiger charge is 2.27. The van der Waals surface area contributed by atoms with Crippen molar-refractivity contribution in [1.82, 2.24) is 9.62 Å². The molecule has 0 aliphatic carbocycles. The highest BCUT2D eigenvalue weighted by atomic mass is 32.2. The van der Waals surface area contributed by atoms with Gasteiger partial charge in [-0.05, 0) is 36.4 Å². The Morgan fingerprint density at radius 1 is 1.28 bits per heavy atom. The average molecular weight is 458 g/mol. The minimum absolute atomic E-state index is 0.131. The van der Waals surface area contributed by atoms with Crippen LogP contribution >= 0.6 is 22.7 Å². The molecule has 0 saturated heterocycles. The van der Waals surface area contributed by atoms with Crippen LogP contribution in [0.3, 0.4) is 0 Å². The Bertz CT molecular complexity index is 1060. The number of sulfonamides is 1. The second-order valence-electron chi connectivity index (χ2n) is 6.20. The Hall–Kier alpha value is -2.28. The van der Waals surface area contributed by atoms with Gasteiger partial charge in [0.05, 0.1) is 23.3 Å². The van der Waals surface area contributed by atoms with Crippen LogP contribution in [0.4, 0.5) is 9.80 Å². The van der Waals surface area contributed by atoms with Crippen LogP contribution in [0.2, 0.25) is 0 Å². The van der Waals surface area contributed by atoms with E-state index in [2.05, 4.69) is 15.4 Å². The molecule has 0 spiro atoms. The van der Waals surface area contributed by atoms with Crippen molar-refractivity contribution in [2.75, 3.05) is 24.7 Å². The van der Waals surface area contributed by atoms with Gasteiger partial charge in [0.2, 0.25) is 10.0 Å². The van der Waals surface area contributed by atoms with Gasteiger partial charge in [-0.3, -0.25) is 14.9 Å². The largest absolute Gasteiger partial charge is 0.450 e. The number of carbonyl (C=O) groups excluding carboxylic acids is 3. The van der Waals surface area contributed by atoms with Crippen molar-refractivity contribution >= 4 is 55.6 Å². The van der Waals surface area contributed by atoms with E-state index < -0.39 is 27.9 Å². The van der Waals surface area contributed by atoms with Gasteiger partial charge in [0.25, 0.3) is 11.8 Å². The molecule has 0 unspecified atom stereocenters. The predicted octanol–water partition coefficient (Wildman–Crippen LogP) is 2.27. The lowest BCUT2D eigenvalue weighted by atomic mass is 10.1. The van der Waals surface area contributed by atoms with E-state index in [0.29, 0.717) is 22.8 Å². The fourth-order valence-corrected chi connectivity index (χ4v) is 5.41. The number of carbonyl (C=O) groups is 3. The third-order valence-corrected chi connectivity index (χ3v) is 7.47. The maximum Gasteiger partial charge on any atom is 0.414 e. The maximum absolute atomic E-state index is 12.7. The van der Waals surface area contributed by atoms with E-state index in [1.165, 1.54) is 21.7 Å². The summed E-state index contributed by atoms with van der Waals surface area (Å²) in [7, 11) is -3.29. The average Bonchev–Trinajstić information content (AvgIpc) is 3.26. The van der Waals surface area contributed by atoms with E-state index in [1.54, 1.807) is 18.4 Å². The van der Waals surface area contributed by atoms with Crippen molar-refractivity contribution in [2.24, 2.45) is 0 Å². The van der Waals surface area contributed by atoms with Crippen LogP contribution < -0.4 is 10.6 Å². The molecule has 3 amide bonds. The molecule has 1 aliphatic heterocycles. The molecule has 1 aliphatic rings. The Labute approximate surface area is 175 Å². The number of thiophene rings is 2. The van der Waals surface area contributed by atoms with Crippen LogP contribution in [0.5, 0.6) is 0 Å². The molecule has 0 bridgehead atoms. The van der Waals surface area contributed by atoms with E-state index in [-0.39, 0.29) is 18.7 Å². The lowest BCUT2D eigenvalue weighted by molar-refractivity contribution is 0.0926. The normalized spacial score (nSPS) is 14.1. The number of nitrogens with one attached hydrogen (secondary N) is 2. The first-order valence-electron chi connectivity index (χ1n) is 8.62. The fraction of sp³-hybridized carbons (Fsp3) is 0.353. The van der Waals surface area contributed by atoms with Crippen LogP contribution in [0.15, 0.2) is 17.5 Å². The van der Waals surface area contributed by atoms with Crippen molar-refractivity contribution in [2.45, 2.75) is 19.9 Å². The van der Waals surface area contributed by atoms with Gasteiger partial charge in [0.1, 0.15) is 5.00 Å². The first kappa shape index (κ1) is 21.4. The standard InChI is InChI=1S/C17H19N3O6S3/c1-3-26-17(23)19-14(21)11-5-7-27-16(11)18-15(22)13-8-10-9-20(29(2,24)25)6-4-12(10)28-13/h5,7-8H,3-4,6,9H2,1-2H3,(H,18,22)(H,19,21,23). The number of ether oxygens (including phenoxy) is 1. The van der Waals surface area contributed by atoms with Crippen molar-refractivity contribution in [3.05, 3.63) is 38.4 Å². The number of anilines is 1. The van der Waals surface area contributed by atoms with E-state index in [4.69, 9.17) is 0 Å². The molecule has 0 radical (unpaired) electrons. The van der Waals surface area contributed by atoms with Crippen LogP contribution in [0, 0.1) is 0 Å². The molecular formula is C17H19N3O6S3. The summed E-state index contributed by atoms with van der Waals surface area (Å²) >= 11 is 2.46. The third kappa shape index (κ3) is 5.01. The Kier molecular flexibility index (Phi) is 6.36. The quantitative estimate of drug-likeness (QED) is 0.710. The molecule has 2 aromatic heterocycles. The zero-order chi connectivity index (χ0) is 21.2. The summed E-state index contributed by atoms with van der Waals surface area (Å²) in [6.45, 7) is 2.38. The minimum atomic E-state index is -3.29. The van der Waals surface area contributed by atoms with Crippen molar-refractivity contribution in [1.29, 1.82) is 0 Å². The topological polar surface area (TPSA) is 122 Å². The van der Waals surface area contributed by atoms with E-state index >= 15 is 0 Å². The van der Waals surface area contributed by atoms with Crippen molar-refractivity contribution in [3.8, 4) is 0 Å². The Morgan fingerprint density at radius 2 is 2.03 bits per heavy atom. The van der Waals surface area contributed by atoms with Gasteiger partial charge in [-0.1, -0.05) is 0 Å². The van der Waals surface area contributed by atoms with Crippen LogP contribution in [-0.4, -0.2) is 50.0 Å². The summed E-state index contributed by atoms with van der Waals surface area (Å²) < 4.78 is 29.6. The molecule has 0 saturated carbocycles. The number of hydrogen-bond donors (Lipinski definition) is 2. The molecule has 2 aromatic rings. The molecule has 29 heavy (non-hydrogen) atoms. The van der Waals surface area contributed by atoms with E-state index in [0.717, 1.165) is 28.0 Å². The smallest absolute Gasteiger partial charge is 0.414 e. The summed E-state index contributed by atoms with van der Waals surface area (Å²) in [5.74, 6) is -1.07. The van der Waals surface area contributed by atoms with Gasteiger partial charge in [-0.15, -0.1) is 22.7 Å². The second kappa shape index (κ2) is 8.61. The number of amides is 3. The van der Waals surface area contributed by atoms with Crippen LogP contribution in [-0.2, 0) is 27.7 Å². The zero-order valence-electron chi connectivity index (χ0n) is 15.7. The number of rotatable bonds is 5. The molecule has 3 heterocycles. The zero-order valence-corrected chi connectivity index (χ0v) is 18.1. The third-order valence-electron chi connectivity index (χ3n) is 4.15. The second-order valence-corrected chi connectivity index (χ2v) is 10.2. The van der Waals surface area contributed by atoms with Crippen molar-refractivity contribution < 1.29 is 27.5 Å². The molecule has 0 aromatic carbocycles. The lowest BCUT2D eigenvalue weighted by Gasteiger charge is -2.24. The van der Waals surface area contributed by atoms with E-state index in [9.17, 15) is 22.8 Å². The molecule has 156 valence electrons. The molecule has 9 nitrogen and oxygen atoms in total. The first-order valence-corrected chi connectivity index (χ1v) is 12.2. The van der Waals surface area contributed by atoms with Gasteiger partial charge < -0.3 is 10.1 Å². The summed E-state index contributed by atoms with van der Waals surface area (Å²) in [5, 5.41) is 6.71. The van der Waals surface area contributed by atoms with E-state index in [1.807, 2.05) is 0 Å². The first-order chi connectivity index (χ1) is 13.7. The molecule has 12 heteroatoms. The molecule has 2 N–H and O–H groups in total. The molecular weight excluding hydrogens is 438 g/mol. The molecule has 0 atom stereocenters. The number of hydrogen-bond acceptors (Lipinski definition) is 8. The van der Waals surface area contributed by atoms with Crippen molar-refractivity contribution in [3.63, 3.8) is 0 Å². The monoisotopic (exact) mass is 457 g/mol. The SMILES string of the molecule is CCOC(=O)NC(=O)c1ccsc1NC(=O)c1cc2c(s1)CCN(S(C)(=O)=O)C2. The number of nitrogens with zero attached hydrogens (tertiary/aromatic N) is 1. The van der Waals surface area contributed by atoms with Gasteiger partial charge in [-0.2, -0.15) is 4.31 Å². The highest BCUT2D eigenvalue weighted by molar-refractivity contribution is 7.88. The summed E-state index contributed by atoms with van der Waals surface area (Å²) in [6.07, 6.45) is 0.854. The maximum atomic E-state index is 12.7. The molecule has 3 rings (SSSR count). The van der Waals surface area contributed by atoms with Gasteiger partial charge in [-0.25, -0.2) is 13.2 Å². The Balaban J connectivity index is 1.71. The number of fused-ring (bicyclic) bond motifs is 1. The van der Waals surface area contributed by atoms with Gasteiger partial charge in [0.15, 0.2) is 0 Å². The number of alkyl carbamates (subject to hydrolysis) is 1. The number of imide groups is 1. The summed E-state index contributed by atoms with van der Waals surface area (Å²) in [4.78, 5) is 37.7. The van der Waals surface area contributed by atoms with Gasteiger partial charge in [0, 0.05) is 18.0 Å². The predicted molar refractivity (Wildman–Crippen MR) is 110 cm³/mol. The lowest BCUT2D eigenvalue weighted by Crippen LogP contribution is -2.34. The van der Waals surface area contributed by atoms with Crippen LogP contribution in [0.1, 0.15) is 37.4 Å². The summed E-state index contributed by atoms with van der Waals surface area (Å²) in [6, 6.07) is 3.18. The molecule has 0 fully saturated rings. The highest BCUT2D eigenvalue weighted by Crippen LogP contribution is 2.31. The van der Waals surface area contributed by atoms with Gasteiger partial charge >= 0.3 is 6.09 Å². The fourth-order valence-electron chi connectivity index (χ4n) is 2.78.